The minimum atomic E-state index is -1.04. The predicted octanol–water partition coefficient (Wildman–Crippen LogP) is 2.59. The van der Waals surface area contributed by atoms with E-state index in [1.165, 1.54) is 5.56 Å². The second-order valence-electron chi connectivity index (χ2n) is 5.66. The van der Waals surface area contributed by atoms with Crippen LogP contribution in [0.5, 0.6) is 0 Å². The number of allylic oxidation sites excluding steroid dienone is 1. The van der Waals surface area contributed by atoms with Crippen LogP contribution in [0.2, 0.25) is 0 Å². The summed E-state index contributed by atoms with van der Waals surface area (Å²) in [5.74, 6) is -0.465. The first kappa shape index (κ1) is 16.4. The summed E-state index contributed by atoms with van der Waals surface area (Å²) in [5, 5.41) is 0. The van der Waals surface area contributed by atoms with Crippen molar-refractivity contribution in [2.45, 2.75) is 26.3 Å². The highest BCUT2D eigenvalue weighted by molar-refractivity contribution is 6.05. The molecule has 1 fully saturated rings. The van der Waals surface area contributed by atoms with Crippen molar-refractivity contribution in [2.24, 2.45) is 5.41 Å². The molecule has 1 unspecified atom stereocenters. The Balaban J connectivity index is 2.08. The molecule has 118 valence electrons. The molecule has 1 aromatic rings. The summed E-state index contributed by atoms with van der Waals surface area (Å²) in [6.45, 7) is 7.44. The summed E-state index contributed by atoms with van der Waals surface area (Å²) in [6, 6.07) is 10.0. The summed E-state index contributed by atoms with van der Waals surface area (Å²) >= 11 is 0. The fourth-order valence-electron chi connectivity index (χ4n) is 2.93. The number of Topliss-reactive ketones (excluding diaryl/α,β-unsaturated/α-hetero) is 1. The third-order valence-corrected chi connectivity index (χ3v) is 4.16. The lowest BCUT2D eigenvalue weighted by Crippen LogP contribution is -2.52. The largest absolute Gasteiger partial charge is 0.465 e. The average Bonchev–Trinajstić information content (AvgIpc) is 2.51. The van der Waals surface area contributed by atoms with Crippen molar-refractivity contribution in [3.63, 3.8) is 0 Å². The van der Waals surface area contributed by atoms with Crippen molar-refractivity contribution >= 4 is 11.8 Å². The van der Waals surface area contributed by atoms with Crippen molar-refractivity contribution in [1.82, 2.24) is 4.90 Å². The van der Waals surface area contributed by atoms with Gasteiger partial charge in [-0.1, -0.05) is 36.4 Å². The van der Waals surface area contributed by atoms with Gasteiger partial charge < -0.3 is 4.74 Å². The molecule has 1 saturated heterocycles. The number of nitrogens with zero attached hydrogens (tertiary/aromatic N) is 1. The number of esters is 1. The van der Waals surface area contributed by atoms with Crippen LogP contribution in [0.4, 0.5) is 0 Å². The van der Waals surface area contributed by atoms with E-state index in [1.807, 2.05) is 30.3 Å². The summed E-state index contributed by atoms with van der Waals surface area (Å²) in [4.78, 5) is 27.0. The topological polar surface area (TPSA) is 46.6 Å². The molecule has 1 aliphatic rings. The lowest BCUT2D eigenvalue weighted by atomic mass is 9.74. The maximum Gasteiger partial charge on any atom is 0.320 e. The Bertz CT molecular complexity index is 541. The smallest absolute Gasteiger partial charge is 0.320 e. The van der Waals surface area contributed by atoms with E-state index in [0.717, 1.165) is 6.54 Å². The highest BCUT2D eigenvalue weighted by Crippen LogP contribution is 2.34. The number of hydrogen-bond donors (Lipinski definition) is 0. The number of carbonyl (C=O) groups excluding carboxylic acids is 2. The van der Waals surface area contributed by atoms with Crippen LogP contribution in [0.1, 0.15) is 25.3 Å². The van der Waals surface area contributed by atoms with Crippen LogP contribution in [-0.2, 0) is 20.9 Å². The zero-order valence-electron chi connectivity index (χ0n) is 13.1. The molecular weight excluding hydrogens is 278 g/mol. The number of carbonyl (C=O) groups is 2. The SMILES string of the molecule is C=CCC1(C(=O)OCC)CCN(Cc2ccccc2)CC1=O. The number of piperidine rings is 1. The lowest BCUT2D eigenvalue weighted by Gasteiger charge is -2.38. The van der Waals surface area contributed by atoms with Crippen molar-refractivity contribution in [3.8, 4) is 0 Å². The van der Waals surface area contributed by atoms with Crippen molar-refractivity contribution in [3.05, 3.63) is 48.6 Å². The van der Waals surface area contributed by atoms with E-state index in [1.54, 1.807) is 13.0 Å². The highest BCUT2D eigenvalue weighted by Gasteiger charge is 2.48. The molecule has 0 spiro atoms. The first-order chi connectivity index (χ1) is 10.6. The molecule has 4 nitrogen and oxygen atoms in total. The molecule has 0 N–H and O–H groups in total. The Kier molecular flexibility index (Phi) is 5.50. The minimum Gasteiger partial charge on any atom is -0.465 e. The third kappa shape index (κ3) is 3.45. The maximum atomic E-state index is 12.6. The van der Waals surface area contributed by atoms with E-state index in [4.69, 9.17) is 4.74 Å². The summed E-state index contributed by atoms with van der Waals surface area (Å²) in [5.41, 5.74) is 0.132. The van der Waals surface area contributed by atoms with E-state index >= 15 is 0 Å². The Hall–Kier alpha value is -1.94. The van der Waals surface area contributed by atoms with Crippen LogP contribution in [-0.4, -0.2) is 36.3 Å². The van der Waals surface area contributed by atoms with E-state index in [2.05, 4.69) is 11.5 Å². The number of ketones is 1. The van der Waals surface area contributed by atoms with Gasteiger partial charge in [0.1, 0.15) is 5.41 Å². The van der Waals surface area contributed by atoms with Crippen LogP contribution in [0.15, 0.2) is 43.0 Å². The summed E-state index contributed by atoms with van der Waals surface area (Å²) in [6.07, 6.45) is 2.48. The Morgan fingerprint density at radius 2 is 2.14 bits per heavy atom. The molecule has 2 rings (SSSR count). The molecule has 1 aliphatic heterocycles. The van der Waals surface area contributed by atoms with Gasteiger partial charge in [0.25, 0.3) is 0 Å². The molecule has 1 heterocycles. The summed E-state index contributed by atoms with van der Waals surface area (Å²) < 4.78 is 5.14. The van der Waals surface area contributed by atoms with E-state index in [9.17, 15) is 9.59 Å². The highest BCUT2D eigenvalue weighted by atomic mass is 16.5. The van der Waals surface area contributed by atoms with Gasteiger partial charge in [-0.15, -0.1) is 6.58 Å². The average molecular weight is 301 g/mol. The van der Waals surface area contributed by atoms with Crippen molar-refractivity contribution < 1.29 is 14.3 Å². The first-order valence-electron chi connectivity index (χ1n) is 7.70. The molecule has 0 saturated carbocycles. The van der Waals surface area contributed by atoms with Gasteiger partial charge in [-0.25, -0.2) is 0 Å². The molecule has 4 heteroatoms. The van der Waals surface area contributed by atoms with Crippen molar-refractivity contribution in [2.75, 3.05) is 19.7 Å². The normalized spacial score (nSPS) is 22.3. The van der Waals surface area contributed by atoms with Crippen LogP contribution in [0.25, 0.3) is 0 Å². The van der Waals surface area contributed by atoms with Gasteiger partial charge in [-0.2, -0.15) is 0 Å². The fourth-order valence-corrected chi connectivity index (χ4v) is 2.93. The zero-order chi connectivity index (χ0) is 16.0. The molecule has 22 heavy (non-hydrogen) atoms. The quantitative estimate of drug-likeness (QED) is 0.460. The monoisotopic (exact) mass is 301 g/mol. The number of benzene rings is 1. The lowest BCUT2D eigenvalue weighted by molar-refractivity contribution is -0.163. The van der Waals surface area contributed by atoms with Crippen LogP contribution >= 0.6 is 0 Å². The van der Waals surface area contributed by atoms with Gasteiger partial charge in [0, 0.05) is 13.1 Å². The predicted molar refractivity (Wildman–Crippen MR) is 85.2 cm³/mol. The van der Waals surface area contributed by atoms with Gasteiger partial charge in [-0.3, -0.25) is 14.5 Å². The molecule has 0 aliphatic carbocycles. The standard InChI is InChI=1S/C18H23NO3/c1-3-10-18(17(21)22-4-2)11-12-19(14-16(18)20)13-15-8-6-5-7-9-15/h3,5-9H,1,4,10-14H2,2H3. The molecule has 0 amide bonds. The Morgan fingerprint density at radius 3 is 2.73 bits per heavy atom. The van der Waals surface area contributed by atoms with E-state index in [0.29, 0.717) is 26.0 Å². The fraction of sp³-hybridized carbons (Fsp3) is 0.444. The Labute approximate surface area is 131 Å². The van der Waals surface area contributed by atoms with Gasteiger partial charge in [0.05, 0.1) is 13.2 Å². The molecular formula is C18H23NO3. The number of hydrogen-bond acceptors (Lipinski definition) is 4. The van der Waals surface area contributed by atoms with E-state index < -0.39 is 11.4 Å². The van der Waals surface area contributed by atoms with Crippen LogP contribution in [0.3, 0.4) is 0 Å². The van der Waals surface area contributed by atoms with Gasteiger partial charge >= 0.3 is 5.97 Å². The summed E-state index contributed by atoms with van der Waals surface area (Å²) in [7, 11) is 0. The zero-order valence-corrected chi connectivity index (χ0v) is 13.1. The van der Waals surface area contributed by atoms with E-state index in [-0.39, 0.29) is 12.3 Å². The maximum absolute atomic E-state index is 12.6. The first-order valence-corrected chi connectivity index (χ1v) is 7.70. The second-order valence-corrected chi connectivity index (χ2v) is 5.66. The molecule has 0 bridgehead atoms. The minimum absolute atomic E-state index is 0.0620. The number of rotatable bonds is 6. The molecule has 0 radical (unpaired) electrons. The molecule has 1 atom stereocenters. The number of ether oxygens (including phenoxy) is 1. The van der Waals surface area contributed by atoms with Gasteiger partial charge in [0.15, 0.2) is 5.78 Å². The van der Waals surface area contributed by atoms with Gasteiger partial charge in [0.2, 0.25) is 0 Å². The van der Waals surface area contributed by atoms with Crippen LogP contribution in [0, 0.1) is 5.41 Å². The molecule has 0 aromatic heterocycles. The second kappa shape index (κ2) is 7.36. The third-order valence-electron chi connectivity index (χ3n) is 4.16. The van der Waals surface area contributed by atoms with Gasteiger partial charge in [-0.05, 0) is 25.3 Å². The Morgan fingerprint density at radius 1 is 1.41 bits per heavy atom. The van der Waals surface area contributed by atoms with Crippen LogP contribution < -0.4 is 0 Å². The molecule has 1 aromatic carbocycles. The van der Waals surface area contributed by atoms with Crippen molar-refractivity contribution in [1.29, 1.82) is 0 Å². The number of likely N-dealkylation sites (tertiary alicyclic amines) is 1.